The van der Waals surface area contributed by atoms with Gasteiger partial charge in [0.05, 0.1) is 17.3 Å². The maximum atomic E-state index is 12.4. The van der Waals surface area contributed by atoms with Gasteiger partial charge in [0, 0.05) is 11.3 Å². The van der Waals surface area contributed by atoms with Crippen molar-refractivity contribution in [3.63, 3.8) is 0 Å². The monoisotopic (exact) mass is 292 g/mol. The fourth-order valence-electron chi connectivity index (χ4n) is 2.79. The summed E-state index contributed by atoms with van der Waals surface area (Å²) in [6.07, 6.45) is 3.71. The summed E-state index contributed by atoms with van der Waals surface area (Å²) in [4.78, 5) is 22.4. The van der Waals surface area contributed by atoms with Gasteiger partial charge in [0.1, 0.15) is 11.8 Å². The second-order valence-electron chi connectivity index (χ2n) is 6.13. The van der Waals surface area contributed by atoms with Gasteiger partial charge in [-0.2, -0.15) is 4.99 Å². The van der Waals surface area contributed by atoms with Gasteiger partial charge < -0.3 is 4.74 Å². The van der Waals surface area contributed by atoms with Crippen molar-refractivity contribution in [3.05, 3.63) is 10.5 Å². The van der Waals surface area contributed by atoms with E-state index in [0.717, 1.165) is 30.7 Å². The van der Waals surface area contributed by atoms with E-state index >= 15 is 0 Å². The van der Waals surface area contributed by atoms with Crippen LogP contribution in [0, 0.1) is 5.92 Å². The van der Waals surface area contributed by atoms with E-state index in [1.165, 1.54) is 10.5 Å². The molecular formula is C15H20N2O2S. The van der Waals surface area contributed by atoms with Crippen molar-refractivity contribution in [1.82, 2.24) is 0 Å². The number of ether oxygens (including phenoxy) is 1. The van der Waals surface area contributed by atoms with Gasteiger partial charge in [-0.1, -0.05) is 25.1 Å². The third-order valence-electron chi connectivity index (χ3n) is 3.87. The molecule has 20 heavy (non-hydrogen) atoms. The van der Waals surface area contributed by atoms with E-state index in [1.54, 1.807) is 11.8 Å². The molecule has 0 saturated heterocycles. The molecule has 3 rings (SSSR count). The zero-order chi connectivity index (χ0) is 14.3. The van der Waals surface area contributed by atoms with Crippen LogP contribution in [0.3, 0.4) is 0 Å². The molecule has 108 valence electrons. The minimum Gasteiger partial charge on any atom is -0.370 e. The van der Waals surface area contributed by atoms with Gasteiger partial charge in [0.2, 0.25) is 0 Å². The lowest BCUT2D eigenvalue weighted by Gasteiger charge is -2.32. The number of thioether (sulfide) groups is 1. The summed E-state index contributed by atoms with van der Waals surface area (Å²) in [7, 11) is 0. The van der Waals surface area contributed by atoms with Crippen molar-refractivity contribution in [2.75, 3.05) is 6.61 Å². The molecular weight excluding hydrogens is 272 g/mol. The number of amidine groups is 1. The zero-order valence-electron chi connectivity index (χ0n) is 12.2. The SMILES string of the molecule is CCCCC1=NC(=O)C2C(=N1)SC1=C2CC(C)(C)OC1. The molecule has 1 amide bonds. The number of rotatable bonds is 3. The number of hydrogen-bond acceptors (Lipinski definition) is 4. The van der Waals surface area contributed by atoms with Crippen LogP contribution < -0.4 is 0 Å². The summed E-state index contributed by atoms with van der Waals surface area (Å²) in [6, 6.07) is 0. The van der Waals surface area contributed by atoms with Gasteiger partial charge in [0.15, 0.2) is 0 Å². The van der Waals surface area contributed by atoms with Crippen molar-refractivity contribution >= 4 is 28.5 Å². The smallest absolute Gasteiger partial charge is 0.261 e. The van der Waals surface area contributed by atoms with E-state index < -0.39 is 0 Å². The van der Waals surface area contributed by atoms with E-state index in [0.29, 0.717) is 12.4 Å². The maximum absolute atomic E-state index is 12.4. The maximum Gasteiger partial charge on any atom is 0.261 e. The first-order valence-electron chi connectivity index (χ1n) is 7.24. The van der Waals surface area contributed by atoms with Crippen LogP contribution in [0.2, 0.25) is 0 Å². The average Bonchev–Trinajstić information content (AvgIpc) is 2.73. The summed E-state index contributed by atoms with van der Waals surface area (Å²) in [5.41, 5.74) is 0.995. The fraction of sp³-hybridized carbons (Fsp3) is 0.667. The first kappa shape index (κ1) is 14.0. The topological polar surface area (TPSA) is 51.0 Å². The largest absolute Gasteiger partial charge is 0.370 e. The molecule has 0 aromatic carbocycles. The highest BCUT2D eigenvalue weighted by Crippen LogP contribution is 2.47. The molecule has 0 bridgehead atoms. The van der Waals surface area contributed by atoms with E-state index in [4.69, 9.17) is 4.74 Å². The summed E-state index contributed by atoms with van der Waals surface area (Å²) >= 11 is 1.62. The highest BCUT2D eigenvalue weighted by molar-refractivity contribution is 8.17. The van der Waals surface area contributed by atoms with E-state index in [9.17, 15) is 4.79 Å². The molecule has 1 unspecified atom stereocenters. The molecule has 0 aromatic heterocycles. The number of unbranched alkanes of at least 4 members (excludes halogenated alkanes) is 1. The van der Waals surface area contributed by atoms with Crippen LogP contribution in [-0.2, 0) is 9.53 Å². The highest BCUT2D eigenvalue weighted by Gasteiger charge is 2.44. The van der Waals surface area contributed by atoms with Gasteiger partial charge in [-0.3, -0.25) is 4.79 Å². The Labute approximate surface area is 123 Å². The van der Waals surface area contributed by atoms with Crippen LogP contribution in [0.5, 0.6) is 0 Å². The van der Waals surface area contributed by atoms with Gasteiger partial charge >= 0.3 is 0 Å². The summed E-state index contributed by atoms with van der Waals surface area (Å²) in [5.74, 6) is 0.454. The quantitative estimate of drug-likeness (QED) is 0.801. The van der Waals surface area contributed by atoms with E-state index in [1.807, 2.05) is 0 Å². The molecule has 3 heterocycles. The Morgan fingerprint density at radius 3 is 2.95 bits per heavy atom. The van der Waals surface area contributed by atoms with Gasteiger partial charge in [-0.25, -0.2) is 4.99 Å². The van der Waals surface area contributed by atoms with Gasteiger partial charge in [0.25, 0.3) is 5.91 Å². The van der Waals surface area contributed by atoms with Crippen LogP contribution in [-0.4, -0.2) is 29.0 Å². The first-order chi connectivity index (χ1) is 9.50. The van der Waals surface area contributed by atoms with Crippen molar-refractivity contribution in [2.24, 2.45) is 15.9 Å². The summed E-state index contributed by atoms with van der Waals surface area (Å²) < 4.78 is 5.83. The molecule has 0 fully saturated rings. The lowest BCUT2D eigenvalue weighted by molar-refractivity contribution is -0.119. The number of fused-ring (bicyclic) bond motifs is 2. The Morgan fingerprint density at radius 2 is 2.20 bits per heavy atom. The van der Waals surface area contributed by atoms with E-state index in [2.05, 4.69) is 30.8 Å². The summed E-state index contributed by atoms with van der Waals surface area (Å²) in [5, 5.41) is 0.919. The molecule has 0 N–H and O–H groups in total. The Hall–Kier alpha value is -0.940. The minimum absolute atomic E-state index is 0.0312. The molecule has 0 aliphatic carbocycles. The molecule has 0 aromatic rings. The Balaban J connectivity index is 1.84. The van der Waals surface area contributed by atoms with Crippen LogP contribution in [0.1, 0.15) is 46.5 Å². The van der Waals surface area contributed by atoms with Crippen LogP contribution in [0.4, 0.5) is 0 Å². The fourth-order valence-corrected chi connectivity index (χ4v) is 3.99. The molecule has 3 aliphatic heterocycles. The predicted molar refractivity (Wildman–Crippen MR) is 82.2 cm³/mol. The molecule has 4 nitrogen and oxygen atoms in total. The highest BCUT2D eigenvalue weighted by atomic mass is 32.2. The number of carbonyl (C=O) groups excluding carboxylic acids is 1. The normalized spacial score (nSPS) is 27.9. The first-order valence-corrected chi connectivity index (χ1v) is 8.05. The number of hydrogen-bond donors (Lipinski definition) is 0. The van der Waals surface area contributed by atoms with Crippen molar-refractivity contribution in [2.45, 2.75) is 52.1 Å². The minimum atomic E-state index is -0.219. The third kappa shape index (κ3) is 2.49. The molecule has 0 spiro atoms. The van der Waals surface area contributed by atoms with Crippen molar-refractivity contribution < 1.29 is 9.53 Å². The second-order valence-corrected chi connectivity index (χ2v) is 7.24. The molecule has 1 atom stereocenters. The Morgan fingerprint density at radius 1 is 1.40 bits per heavy atom. The molecule has 3 aliphatic rings. The van der Waals surface area contributed by atoms with Crippen LogP contribution >= 0.6 is 11.8 Å². The molecule has 0 radical (unpaired) electrons. The van der Waals surface area contributed by atoms with Crippen molar-refractivity contribution in [1.29, 1.82) is 0 Å². The lowest BCUT2D eigenvalue weighted by Crippen LogP contribution is -2.33. The average molecular weight is 292 g/mol. The van der Waals surface area contributed by atoms with Gasteiger partial charge in [-0.15, -0.1) is 0 Å². The standard InChI is InChI=1S/C15H20N2O2S/c1-4-5-6-11-16-13(18)12-9-7-15(2,3)19-8-10(9)20-14(12)17-11/h12H,4-8H2,1-3H3. The number of aliphatic imine (C=N–C) groups is 2. The van der Waals surface area contributed by atoms with Crippen LogP contribution in [0.25, 0.3) is 0 Å². The molecule has 5 heteroatoms. The van der Waals surface area contributed by atoms with Gasteiger partial charge in [-0.05, 0) is 32.3 Å². The number of carbonyl (C=O) groups is 1. The third-order valence-corrected chi connectivity index (χ3v) is 5.03. The molecule has 0 saturated carbocycles. The van der Waals surface area contributed by atoms with Crippen LogP contribution in [0.15, 0.2) is 20.5 Å². The second kappa shape index (κ2) is 5.11. The van der Waals surface area contributed by atoms with E-state index in [-0.39, 0.29) is 17.4 Å². The van der Waals surface area contributed by atoms with Crippen molar-refractivity contribution in [3.8, 4) is 0 Å². The Kier molecular flexibility index (Phi) is 3.58. The Bertz CT molecular complexity index is 546. The summed E-state index contributed by atoms with van der Waals surface area (Å²) in [6.45, 7) is 6.87. The lowest BCUT2D eigenvalue weighted by atomic mass is 9.87. The number of amides is 1. The zero-order valence-corrected chi connectivity index (χ0v) is 13.0. The number of nitrogens with zero attached hydrogens (tertiary/aromatic N) is 2. The predicted octanol–water partition coefficient (Wildman–Crippen LogP) is 3.33.